The average molecular weight is 348 g/mol. The number of benzene rings is 1. The first-order valence-electron chi connectivity index (χ1n) is 7.15. The Bertz CT molecular complexity index is 575. The number of ether oxygens (including phenoxy) is 2. The van der Waals surface area contributed by atoms with Crippen LogP contribution in [0.1, 0.15) is 5.56 Å². The smallest absolute Gasteiger partial charge is 0.204 e. The van der Waals surface area contributed by atoms with Crippen LogP contribution < -0.4 is 0 Å². The monoisotopic (exact) mass is 348 g/mol. The van der Waals surface area contributed by atoms with Crippen LogP contribution in [0.5, 0.6) is 23.0 Å². The van der Waals surface area contributed by atoms with Gasteiger partial charge in [-0.05, 0) is 12.5 Å². The maximum atomic E-state index is 9.79. The average Bonchev–Trinajstić information content (AvgIpc) is 2.57. The summed E-state index contributed by atoms with van der Waals surface area (Å²) in [5.74, 6) is -3.00. The van der Waals surface area contributed by atoms with Crippen LogP contribution in [0.2, 0.25) is 0 Å². The lowest BCUT2D eigenvalue weighted by molar-refractivity contribution is -0.300. The molecule has 0 aromatic heterocycles. The topological polar surface area (TPSA) is 180 Å². The molecule has 0 saturated carbocycles. The van der Waals surface area contributed by atoms with Crippen LogP contribution in [0.3, 0.4) is 0 Å². The Kier molecular flexibility index (Phi) is 5.70. The Balaban J connectivity index is 1.99. The van der Waals surface area contributed by atoms with E-state index < -0.39 is 60.3 Å². The van der Waals surface area contributed by atoms with Gasteiger partial charge in [0.15, 0.2) is 17.8 Å². The Hall–Kier alpha value is -1.82. The molecule has 1 saturated heterocycles. The minimum absolute atomic E-state index is 0.0394. The predicted molar refractivity (Wildman–Crippen MR) is 76.5 cm³/mol. The third kappa shape index (κ3) is 3.48. The summed E-state index contributed by atoms with van der Waals surface area (Å²) < 4.78 is 10.4. The van der Waals surface area contributed by atoms with E-state index in [2.05, 4.69) is 0 Å². The maximum absolute atomic E-state index is 9.79. The summed E-state index contributed by atoms with van der Waals surface area (Å²) in [6, 6.07) is 1.03. The SMILES string of the molecule is OC[C@H]1O[C@@H](OCCc2cc(O)c(O)c(O)c2O)[C@H](O)[C@@H](O)[C@@H]1O. The van der Waals surface area contributed by atoms with Crippen molar-refractivity contribution >= 4 is 0 Å². The highest BCUT2D eigenvalue weighted by atomic mass is 16.7. The van der Waals surface area contributed by atoms with Crippen molar-refractivity contribution in [3.8, 4) is 23.0 Å². The molecule has 0 amide bonds. The lowest BCUT2D eigenvalue weighted by Gasteiger charge is -2.39. The van der Waals surface area contributed by atoms with Crippen molar-refractivity contribution in [2.45, 2.75) is 37.1 Å². The molecule has 1 aliphatic heterocycles. The zero-order chi connectivity index (χ0) is 18.0. The zero-order valence-corrected chi connectivity index (χ0v) is 12.5. The molecule has 1 aromatic carbocycles. The Labute approximate surface area is 136 Å². The summed E-state index contributed by atoms with van der Waals surface area (Å²) in [5.41, 5.74) is 0.0624. The third-order valence-corrected chi connectivity index (χ3v) is 3.81. The molecular weight excluding hydrogens is 328 g/mol. The van der Waals surface area contributed by atoms with E-state index in [0.717, 1.165) is 6.07 Å². The van der Waals surface area contributed by atoms with Crippen molar-refractivity contribution in [3.05, 3.63) is 11.6 Å². The van der Waals surface area contributed by atoms with Gasteiger partial charge in [0.1, 0.15) is 24.4 Å². The molecule has 0 bridgehead atoms. The van der Waals surface area contributed by atoms with Crippen molar-refractivity contribution in [2.75, 3.05) is 13.2 Å². The lowest BCUT2D eigenvalue weighted by atomic mass is 9.99. The second kappa shape index (κ2) is 7.38. The van der Waals surface area contributed by atoms with E-state index in [1.54, 1.807) is 0 Å². The quantitative estimate of drug-likeness (QED) is 0.216. The minimum Gasteiger partial charge on any atom is -0.504 e. The van der Waals surface area contributed by atoms with Crippen molar-refractivity contribution in [2.24, 2.45) is 0 Å². The maximum Gasteiger partial charge on any atom is 0.204 e. The first kappa shape index (κ1) is 18.5. The summed E-state index contributed by atoms with van der Waals surface area (Å²) in [5, 5.41) is 75.9. The van der Waals surface area contributed by atoms with Crippen molar-refractivity contribution in [1.29, 1.82) is 0 Å². The number of hydrogen-bond donors (Lipinski definition) is 8. The van der Waals surface area contributed by atoms with Gasteiger partial charge in [0.25, 0.3) is 0 Å². The van der Waals surface area contributed by atoms with E-state index in [9.17, 15) is 35.7 Å². The van der Waals surface area contributed by atoms with E-state index >= 15 is 0 Å². The molecule has 0 unspecified atom stereocenters. The summed E-state index contributed by atoms with van der Waals surface area (Å²) in [7, 11) is 0. The molecule has 8 N–H and O–H groups in total. The summed E-state index contributed by atoms with van der Waals surface area (Å²) >= 11 is 0. The summed E-state index contributed by atoms with van der Waals surface area (Å²) in [6.45, 7) is -0.759. The highest BCUT2D eigenvalue weighted by Crippen LogP contribution is 2.43. The van der Waals surface area contributed by atoms with E-state index in [4.69, 9.17) is 14.6 Å². The van der Waals surface area contributed by atoms with Gasteiger partial charge in [-0.25, -0.2) is 0 Å². The van der Waals surface area contributed by atoms with Gasteiger partial charge in [-0.1, -0.05) is 0 Å². The van der Waals surface area contributed by atoms with Gasteiger partial charge < -0.3 is 50.3 Å². The highest BCUT2D eigenvalue weighted by molar-refractivity contribution is 5.60. The van der Waals surface area contributed by atoms with Crippen molar-refractivity contribution in [1.82, 2.24) is 0 Å². The number of aliphatic hydroxyl groups is 4. The molecule has 24 heavy (non-hydrogen) atoms. The second-order valence-corrected chi connectivity index (χ2v) is 5.42. The summed E-state index contributed by atoms with van der Waals surface area (Å²) in [4.78, 5) is 0. The van der Waals surface area contributed by atoms with Crippen LogP contribution in [0.25, 0.3) is 0 Å². The lowest BCUT2D eigenvalue weighted by Crippen LogP contribution is -2.59. The van der Waals surface area contributed by atoms with Crippen LogP contribution in [-0.2, 0) is 15.9 Å². The van der Waals surface area contributed by atoms with Crippen molar-refractivity contribution in [3.63, 3.8) is 0 Å². The van der Waals surface area contributed by atoms with E-state index in [1.807, 2.05) is 0 Å². The molecule has 1 aromatic rings. The van der Waals surface area contributed by atoms with Gasteiger partial charge in [-0.15, -0.1) is 0 Å². The van der Waals surface area contributed by atoms with Crippen LogP contribution in [0.15, 0.2) is 6.07 Å². The van der Waals surface area contributed by atoms with Gasteiger partial charge >= 0.3 is 0 Å². The molecule has 0 spiro atoms. The molecule has 10 nitrogen and oxygen atoms in total. The Morgan fingerprint density at radius 3 is 2.21 bits per heavy atom. The third-order valence-electron chi connectivity index (χ3n) is 3.81. The molecule has 0 aliphatic carbocycles. The molecule has 10 heteroatoms. The van der Waals surface area contributed by atoms with Crippen LogP contribution in [0.4, 0.5) is 0 Å². The van der Waals surface area contributed by atoms with Crippen molar-refractivity contribution < 1.29 is 50.3 Å². The first-order chi connectivity index (χ1) is 11.3. The fraction of sp³-hybridized carbons (Fsp3) is 0.571. The predicted octanol–water partition coefficient (Wildman–Crippen LogP) is -2.13. The largest absolute Gasteiger partial charge is 0.504 e. The standard InChI is InChI=1S/C14H20O10/c15-4-7-10(19)12(21)13(22)14(24-7)23-2-1-5-3-6(16)9(18)11(20)8(5)17/h3,7,10,12-22H,1-2,4H2/t7-,10-,12+,13-,14-/m1/s1. The van der Waals surface area contributed by atoms with Gasteiger partial charge in [-0.3, -0.25) is 0 Å². The highest BCUT2D eigenvalue weighted by Gasteiger charge is 2.43. The Morgan fingerprint density at radius 2 is 1.58 bits per heavy atom. The molecule has 1 aliphatic rings. The molecular formula is C14H20O10. The minimum atomic E-state index is -1.57. The van der Waals surface area contributed by atoms with Crippen LogP contribution in [0, 0.1) is 0 Å². The number of aromatic hydroxyl groups is 4. The van der Waals surface area contributed by atoms with E-state index in [-0.39, 0.29) is 18.6 Å². The van der Waals surface area contributed by atoms with Gasteiger partial charge in [0.05, 0.1) is 13.2 Å². The van der Waals surface area contributed by atoms with E-state index in [1.165, 1.54) is 0 Å². The molecule has 5 atom stereocenters. The number of phenols is 4. The zero-order valence-electron chi connectivity index (χ0n) is 12.5. The normalized spacial score (nSPS) is 30.4. The molecule has 0 radical (unpaired) electrons. The van der Waals surface area contributed by atoms with Gasteiger partial charge in [0.2, 0.25) is 11.5 Å². The van der Waals surface area contributed by atoms with Gasteiger partial charge in [0, 0.05) is 5.56 Å². The Morgan fingerprint density at radius 1 is 0.917 bits per heavy atom. The molecule has 2 rings (SSSR count). The van der Waals surface area contributed by atoms with Crippen LogP contribution in [-0.4, -0.2) is 84.8 Å². The molecule has 1 heterocycles. The van der Waals surface area contributed by atoms with Gasteiger partial charge in [-0.2, -0.15) is 0 Å². The number of hydrogen-bond acceptors (Lipinski definition) is 10. The molecule has 1 fully saturated rings. The first-order valence-corrected chi connectivity index (χ1v) is 7.15. The number of phenolic OH excluding ortho intramolecular Hbond substituents is 4. The van der Waals surface area contributed by atoms with E-state index in [0.29, 0.717) is 0 Å². The number of aliphatic hydroxyl groups excluding tert-OH is 4. The fourth-order valence-corrected chi connectivity index (χ4v) is 2.37. The van der Waals surface area contributed by atoms with Crippen LogP contribution >= 0.6 is 0 Å². The number of rotatable bonds is 5. The fourth-order valence-electron chi connectivity index (χ4n) is 2.37. The molecule has 136 valence electrons. The summed E-state index contributed by atoms with van der Waals surface area (Å²) in [6.07, 6.45) is -7.11. The second-order valence-electron chi connectivity index (χ2n) is 5.42.